The molecule has 4 nitrogen and oxygen atoms in total. The van der Waals surface area contributed by atoms with Crippen molar-refractivity contribution in [3.05, 3.63) is 62.6 Å². The molecule has 1 amide bonds. The standard InChI is InChI=1S/C14H8Cl3NO3/c15-8-2-3-9(10(16)6-8)13(19)18-12-4-1-7(14(20)21)5-11(12)17/h1-6H,(H,18,19)(H,20,21). The number of rotatable bonds is 3. The van der Waals surface area contributed by atoms with Crippen molar-refractivity contribution >= 4 is 52.4 Å². The van der Waals surface area contributed by atoms with Gasteiger partial charge in [0.25, 0.3) is 5.91 Å². The van der Waals surface area contributed by atoms with Gasteiger partial charge in [-0.2, -0.15) is 0 Å². The molecular formula is C14H8Cl3NO3. The summed E-state index contributed by atoms with van der Waals surface area (Å²) in [6.45, 7) is 0. The van der Waals surface area contributed by atoms with E-state index in [0.717, 1.165) is 0 Å². The quantitative estimate of drug-likeness (QED) is 0.855. The summed E-state index contributed by atoms with van der Waals surface area (Å²) in [6, 6.07) is 8.48. The zero-order valence-corrected chi connectivity index (χ0v) is 12.6. The second kappa shape index (κ2) is 6.35. The van der Waals surface area contributed by atoms with Crippen LogP contribution >= 0.6 is 34.8 Å². The highest BCUT2D eigenvalue weighted by Crippen LogP contribution is 2.26. The van der Waals surface area contributed by atoms with Gasteiger partial charge in [-0.3, -0.25) is 4.79 Å². The van der Waals surface area contributed by atoms with Crippen LogP contribution in [-0.2, 0) is 0 Å². The first kappa shape index (κ1) is 15.6. The van der Waals surface area contributed by atoms with Gasteiger partial charge in [0.15, 0.2) is 0 Å². The lowest BCUT2D eigenvalue weighted by Gasteiger charge is -2.09. The summed E-state index contributed by atoms with van der Waals surface area (Å²) in [7, 11) is 0. The Hall–Kier alpha value is -1.75. The van der Waals surface area contributed by atoms with E-state index in [1.807, 2.05) is 0 Å². The molecule has 0 aromatic heterocycles. The van der Waals surface area contributed by atoms with E-state index in [2.05, 4.69) is 5.32 Å². The molecule has 0 spiro atoms. The maximum absolute atomic E-state index is 12.1. The van der Waals surface area contributed by atoms with Crippen molar-refractivity contribution in [1.29, 1.82) is 0 Å². The van der Waals surface area contributed by atoms with Crippen LogP contribution < -0.4 is 5.32 Å². The molecule has 2 aromatic rings. The fourth-order valence-electron chi connectivity index (χ4n) is 1.61. The molecule has 0 saturated carbocycles. The second-order valence-electron chi connectivity index (χ2n) is 4.08. The van der Waals surface area contributed by atoms with Crippen LogP contribution in [0.2, 0.25) is 15.1 Å². The Balaban J connectivity index is 2.25. The van der Waals surface area contributed by atoms with E-state index < -0.39 is 11.9 Å². The lowest BCUT2D eigenvalue weighted by Crippen LogP contribution is -2.13. The van der Waals surface area contributed by atoms with Crippen LogP contribution in [0.3, 0.4) is 0 Å². The topological polar surface area (TPSA) is 66.4 Å². The van der Waals surface area contributed by atoms with Crippen LogP contribution in [0.5, 0.6) is 0 Å². The number of aromatic carboxylic acids is 1. The van der Waals surface area contributed by atoms with Gasteiger partial charge in [0.05, 0.1) is 26.9 Å². The molecule has 0 bridgehead atoms. The SMILES string of the molecule is O=C(O)c1ccc(NC(=O)c2ccc(Cl)cc2Cl)c(Cl)c1. The first-order valence-electron chi connectivity index (χ1n) is 5.67. The third-order valence-electron chi connectivity index (χ3n) is 2.64. The zero-order chi connectivity index (χ0) is 15.6. The van der Waals surface area contributed by atoms with E-state index in [-0.39, 0.29) is 26.9 Å². The van der Waals surface area contributed by atoms with E-state index in [1.54, 1.807) is 0 Å². The fraction of sp³-hybridized carbons (Fsp3) is 0. The first-order valence-corrected chi connectivity index (χ1v) is 6.81. The number of carboxylic acids is 1. The molecular weight excluding hydrogens is 337 g/mol. The van der Waals surface area contributed by atoms with Crippen LogP contribution in [0.15, 0.2) is 36.4 Å². The number of amides is 1. The van der Waals surface area contributed by atoms with Gasteiger partial charge < -0.3 is 10.4 Å². The summed E-state index contributed by atoms with van der Waals surface area (Å²) in [6.07, 6.45) is 0. The van der Waals surface area contributed by atoms with E-state index in [9.17, 15) is 9.59 Å². The van der Waals surface area contributed by atoms with Gasteiger partial charge >= 0.3 is 5.97 Å². The van der Waals surface area contributed by atoms with E-state index in [0.29, 0.717) is 5.02 Å². The minimum absolute atomic E-state index is 0.0301. The molecule has 0 unspecified atom stereocenters. The van der Waals surface area contributed by atoms with Crippen LogP contribution in [0.4, 0.5) is 5.69 Å². The minimum atomic E-state index is -1.10. The van der Waals surface area contributed by atoms with Crippen LogP contribution in [0.1, 0.15) is 20.7 Å². The molecule has 2 N–H and O–H groups in total. The second-order valence-corrected chi connectivity index (χ2v) is 5.33. The van der Waals surface area contributed by atoms with Gasteiger partial charge in [-0.15, -0.1) is 0 Å². The summed E-state index contributed by atoms with van der Waals surface area (Å²) >= 11 is 17.6. The highest BCUT2D eigenvalue weighted by molar-refractivity contribution is 6.37. The van der Waals surface area contributed by atoms with Gasteiger partial charge in [0.1, 0.15) is 0 Å². The van der Waals surface area contributed by atoms with Crippen molar-refractivity contribution in [3.63, 3.8) is 0 Å². The Morgan fingerprint density at radius 2 is 1.67 bits per heavy atom. The van der Waals surface area contributed by atoms with Crippen molar-refractivity contribution in [2.75, 3.05) is 5.32 Å². The monoisotopic (exact) mass is 343 g/mol. The highest BCUT2D eigenvalue weighted by Gasteiger charge is 2.13. The van der Waals surface area contributed by atoms with E-state index in [1.165, 1.54) is 36.4 Å². The number of anilines is 1. The molecule has 2 aromatic carbocycles. The molecule has 7 heteroatoms. The Kier molecular flexibility index (Phi) is 4.73. The van der Waals surface area contributed by atoms with Crippen molar-refractivity contribution in [2.24, 2.45) is 0 Å². The third-order valence-corrected chi connectivity index (χ3v) is 3.50. The van der Waals surface area contributed by atoms with Crippen molar-refractivity contribution < 1.29 is 14.7 Å². The Labute approximate surface area is 135 Å². The smallest absolute Gasteiger partial charge is 0.335 e. The molecule has 0 heterocycles. The Morgan fingerprint density at radius 1 is 0.952 bits per heavy atom. The summed E-state index contributed by atoms with van der Waals surface area (Å²) in [5.74, 6) is -1.57. The molecule has 0 aliphatic rings. The van der Waals surface area contributed by atoms with Crippen molar-refractivity contribution in [1.82, 2.24) is 0 Å². The van der Waals surface area contributed by atoms with Crippen LogP contribution in [-0.4, -0.2) is 17.0 Å². The van der Waals surface area contributed by atoms with Crippen molar-refractivity contribution in [3.8, 4) is 0 Å². The number of carbonyl (C=O) groups is 2. The van der Waals surface area contributed by atoms with Crippen LogP contribution in [0, 0.1) is 0 Å². The predicted molar refractivity (Wildman–Crippen MR) is 82.8 cm³/mol. The van der Waals surface area contributed by atoms with E-state index >= 15 is 0 Å². The Bertz CT molecular complexity index is 731. The van der Waals surface area contributed by atoms with E-state index in [4.69, 9.17) is 39.9 Å². The molecule has 0 fully saturated rings. The number of halogens is 3. The lowest BCUT2D eigenvalue weighted by atomic mass is 10.2. The van der Waals surface area contributed by atoms with Gasteiger partial charge in [0.2, 0.25) is 0 Å². The zero-order valence-electron chi connectivity index (χ0n) is 10.4. The molecule has 0 atom stereocenters. The average molecular weight is 345 g/mol. The van der Waals surface area contributed by atoms with Gasteiger partial charge in [-0.25, -0.2) is 4.79 Å². The average Bonchev–Trinajstić information content (AvgIpc) is 2.40. The lowest BCUT2D eigenvalue weighted by molar-refractivity contribution is 0.0696. The maximum atomic E-state index is 12.1. The predicted octanol–water partition coefficient (Wildman–Crippen LogP) is 4.60. The van der Waals surface area contributed by atoms with Gasteiger partial charge in [-0.1, -0.05) is 34.8 Å². The summed E-state index contributed by atoms with van der Waals surface area (Å²) in [5.41, 5.74) is 0.555. The largest absolute Gasteiger partial charge is 0.478 e. The number of carboxylic acid groups (broad SMARTS) is 1. The Morgan fingerprint density at radius 3 is 2.24 bits per heavy atom. The number of benzene rings is 2. The molecule has 21 heavy (non-hydrogen) atoms. The summed E-state index contributed by atoms with van der Waals surface area (Å²) in [4.78, 5) is 22.9. The molecule has 0 saturated heterocycles. The normalized spacial score (nSPS) is 10.2. The molecule has 0 aliphatic carbocycles. The third kappa shape index (κ3) is 3.67. The number of nitrogens with one attached hydrogen (secondary N) is 1. The number of hydrogen-bond donors (Lipinski definition) is 2. The summed E-state index contributed by atoms with van der Waals surface area (Å²) < 4.78 is 0. The first-order chi connectivity index (χ1) is 9.88. The number of hydrogen-bond acceptors (Lipinski definition) is 2. The molecule has 2 rings (SSSR count). The van der Waals surface area contributed by atoms with Crippen molar-refractivity contribution in [2.45, 2.75) is 0 Å². The molecule has 108 valence electrons. The van der Waals surface area contributed by atoms with Crippen LogP contribution in [0.25, 0.3) is 0 Å². The summed E-state index contributed by atoms with van der Waals surface area (Å²) in [5, 5.41) is 12.2. The highest BCUT2D eigenvalue weighted by atomic mass is 35.5. The molecule has 0 radical (unpaired) electrons. The minimum Gasteiger partial charge on any atom is -0.478 e. The maximum Gasteiger partial charge on any atom is 0.335 e. The fourth-order valence-corrected chi connectivity index (χ4v) is 2.33. The van der Waals surface area contributed by atoms with Gasteiger partial charge in [0, 0.05) is 5.02 Å². The number of carbonyl (C=O) groups excluding carboxylic acids is 1. The molecule has 0 aliphatic heterocycles. The van der Waals surface area contributed by atoms with Gasteiger partial charge in [-0.05, 0) is 36.4 Å².